The fourth-order valence-corrected chi connectivity index (χ4v) is 4.14. The number of nitrogens with one attached hydrogen (secondary N) is 1. The van der Waals surface area contributed by atoms with Crippen LogP contribution in [0.25, 0.3) is 0 Å². The third-order valence-corrected chi connectivity index (χ3v) is 6.33. The van der Waals surface area contributed by atoms with Crippen molar-refractivity contribution in [2.45, 2.75) is 32.4 Å². The van der Waals surface area contributed by atoms with Gasteiger partial charge in [-0.25, -0.2) is 0 Å². The second-order valence-corrected chi connectivity index (χ2v) is 8.78. The molecule has 0 spiro atoms. The molecular formula is C30H36N2O6. The van der Waals surface area contributed by atoms with Gasteiger partial charge in [0.15, 0.2) is 23.0 Å². The van der Waals surface area contributed by atoms with Gasteiger partial charge in [-0.2, -0.15) is 0 Å². The number of benzene rings is 3. The fraction of sp³-hybridized carbons (Fsp3) is 0.333. The molecule has 3 aromatic carbocycles. The molecule has 0 radical (unpaired) electrons. The van der Waals surface area contributed by atoms with Crippen molar-refractivity contribution in [3.05, 3.63) is 83.4 Å². The maximum Gasteiger partial charge on any atom is 0.242 e. The van der Waals surface area contributed by atoms with Crippen LogP contribution in [0.4, 0.5) is 0 Å². The number of carbonyl (C=O) groups is 2. The molecule has 0 unspecified atom stereocenters. The summed E-state index contributed by atoms with van der Waals surface area (Å²) >= 11 is 0. The molecule has 3 aromatic rings. The Kier molecular flexibility index (Phi) is 10.4. The molecule has 0 saturated carbocycles. The van der Waals surface area contributed by atoms with E-state index in [1.807, 2.05) is 54.6 Å². The summed E-state index contributed by atoms with van der Waals surface area (Å²) < 4.78 is 21.3. The number of rotatable bonds is 13. The number of methoxy groups -OCH3 is 4. The van der Waals surface area contributed by atoms with Crippen LogP contribution in [0.2, 0.25) is 0 Å². The first-order chi connectivity index (χ1) is 18.4. The summed E-state index contributed by atoms with van der Waals surface area (Å²) in [7, 11) is 6.30. The first kappa shape index (κ1) is 28.4. The van der Waals surface area contributed by atoms with E-state index in [2.05, 4.69) is 5.32 Å². The molecule has 0 aromatic heterocycles. The van der Waals surface area contributed by atoms with Gasteiger partial charge in [-0.1, -0.05) is 42.5 Å². The Balaban J connectivity index is 1.70. The molecule has 0 aliphatic carbocycles. The Bertz CT molecular complexity index is 1210. The number of ether oxygens (including phenoxy) is 4. The molecule has 8 nitrogen and oxygen atoms in total. The largest absolute Gasteiger partial charge is 0.493 e. The third kappa shape index (κ3) is 7.41. The summed E-state index contributed by atoms with van der Waals surface area (Å²) in [6.45, 7) is 2.49. The second kappa shape index (κ2) is 13.9. The lowest BCUT2D eigenvalue weighted by atomic mass is 10.1. The molecule has 0 aliphatic heterocycles. The van der Waals surface area contributed by atoms with Gasteiger partial charge in [0.2, 0.25) is 11.8 Å². The predicted molar refractivity (Wildman–Crippen MR) is 146 cm³/mol. The van der Waals surface area contributed by atoms with Crippen LogP contribution >= 0.6 is 0 Å². The summed E-state index contributed by atoms with van der Waals surface area (Å²) in [4.78, 5) is 28.2. The Morgan fingerprint density at radius 1 is 0.737 bits per heavy atom. The van der Waals surface area contributed by atoms with E-state index in [0.29, 0.717) is 42.5 Å². The smallest absolute Gasteiger partial charge is 0.242 e. The fourth-order valence-electron chi connectivity index (χ4n) is 4.14. The van der Waals surface area contributed by atoms with Gasteiger partial charge in [0.25, 0.3) is 0 Å². The van der Waals surface area contributed by atoms with Crippen molar-refractivity contribution < 1.29 is 28.5 Å². The van der Waals surface area contributed by atoms with Crippen molar-refractivity contribution in [2.24, 2.45) is 0 Å². The van der Waals surface area contributed by atoms with E-state index in [1.165, 1.54) is 0 Å². The van der Waals surface area contributed by atoms with E-state index in [9.17, 15) is 9.59 Å². The number of hydrogen-bond acceptors (Lipinski definition) is 6. The van der Waals surface area contributed by atoms with E-state index in [0.717, 1.165) is 16.7 Å². The van der Waals surface area contributed by atoms with Crippen molar-refractivity contribution in [1.29, 1.82) is 0 Å². The number of amides is 2. The highest BCUT2D eigenvalue weighted by Gasteiger charge is 2.26. The lowest BCUT2D eigenvalue weighted by Gasteiger charge is -2.29. The Labute approximate surface area is 224 Å². The third-order valence-electron chi connectivity index (χ3n) is 6.33. The molecule has 0 saturated heterocycles. The summed E-state index contributed by atoms with van der Waals surface area (Å²) in [6.07, 6.45) is 0.730. The first-order valence-electron chi connectivity index (χ1n) is 12.4. The second-order valence-electron chi connectivity index (χ2n) is 8.78. The zero-order valence-electron chi connectivity index (χ0n) is 22.7. The summed E-state index contributed by atoms with van der Waals surface area (Å²) in [5.41, 5.74) is 2.71. The Hall–Kier alpha value is -4.20. The minimum atomic E-state index is -0.673. The molecule has 1 atom stereocenters. The SMILES string of the molecule is COc1ccc(CCNC(=O)[C@@H](C)N(Cc2ccccc2)C(=O)Cc2ccc(OC)c(OC)c2)cc1OC. The van der Waals surface area contributed by atoms with Crippen molar-refractivity contribution in [1.82, 2.24) is 10.2 Å². The highest BCUT2D eigenvalue weighted by atomic mass is 16.5. The van der Waals surface area contributed by atoms with E-state index in [-0.39, 0.29) is 18.2 Å². The number of carbonyl (C=O) groups excluding carboxylic acids is 2. The van der Waals surface area contributed by atoms with Crippen LogP contribution in [0.5, 0.6) is 23.0 Å². The summed E-state index contributed by atoms with van der Waals surface area (Å²) in [5, 5.41) is 2.97. The lowest BCUT2D eigenvalue weighted by molar-refractivity contribution is -0.140. The van der Waals surface area contributed by atoms with Gasteiger partial charge in [0.05, 0.1) is 34.9 Å². The van der Waals surface area contributed by atoms with Crippen LogP contribution in [0.15, 0.2) is 66.7 Å². The zero-order valence-corrected chi connectivity index (χ0v) is 22.7. The Morgan fingerprint density at radius 3 is 1.87 bits per heavy atom. The number of nitrogens with zero attached hydrogens (tertiary/aromatic N) is 1. The maximum absolute atomic E-state index is 13.5. The van der Waals surface area contributed by atoms with Gasteiger partial charge in [-0.3, -0.25) is 9.59 Å². The van der Waals surface area contributed by atoms with E-state index in [1.54, 1.807) is 52.4 Å². The highest BCUT2D eigenvalue weighted by Crippen LogP contribution is 2.29. The average molecular weight is 521 g/mol. The average Bonchev–Trinajstić information content (AvgIpc) is 2.95. The van der Waals surface area contributed by atoms with E-state index in [4.69, 9.17) is 18.9 Å². The van der Waals surface area contributed by atoms with Gasteiger partial charge in [0.1, 0.15) is 6.04 Å². The maximum atomic E-state index is 13.5. The van der Waals surface area contributed by atoms with Crippen molar-refractivity contribution >= 4 is 11.8 Å². The molecule has 0 heterocycles. The molecule has 2 amide bonds. The minimum absolute atomic E-state index is 0.121. The van der Waals surface area contributed by atoms with Gasteiger partial charge < -0.3 is 29.2 Å². The monoisotopic (exact) mass is 520 g/mol. The zero-order chi connectivity index (χ0) is 27.5. The molecule has 3 rings (SSSR count). The molecule has 0 aliphatic rings. The van der Waals surface area contributed by atoms with Crippen molar-refractivity contribution in [2.75, 3.05) is 35.0 Å². The molecule has 38 heavy (non-hydrogen) atoms. The quantitative estimate of drug-likeness (QED) is 0.366. The van der Waals surface area contributed by atoms with Gasteiger partial charge in [-0.05, 0) is 54.3 Å². The minimum Gasteiger partial charge on any atom is -0.493 e. The number of hydrogen-bond donors (Lipinski definition) is 1. The lowest BCUT2D eigenvalue weighted by Crippen LogP contribution is -2.48. The highest BCUT2D eigenvalue weighted by molar-refractivity contribution is 5.88. The van der Waals surface area contributed by atoms with Gasteiger partial charge in [-0.15, -0.1) is 0 Å². The predicted octanol–water partition coefficient (Wildman–Crippen LogP) is 4.04. The summed E-state index contributed by atoms with van der Waals surface area (Å²) in [5.74, 6) is 2.05. The van der Waals surface area contributed by atoms with Crippen LogP contribution < -0.4 is 24.3 Å². The molecule has 0 bridgehead atoms. The topological polar surface area (TPSA) is 86.3 Å². The van der Waals surface area contributed by atoms with Crippen LogP contribution in [-0.4, -0.2) is 57.7 Å². The molecule has 1 N–H and O–H groups in total. The standard InChI is InChI=1S/C30H36N2O6/c1-21(30(34)31-16-15-22-11-13-25(35-2)27(17-22)37-4)32(20-23-9-7-6-8-10-23)29(33)19-24-12-14-26(36-3)28(18-24)38-5/h6-14,17-18,21H,15-16,19-20H2,1-5H3,(H,31,34)/t21-/m1/s1. The van der Waals surface area contributed by atoms with Crippen LogP contribution in [-0.2, 0) is 29.0 Å². The molecular weight excluding hydrogens is 484 g/mol. The first-order valence-corrected chi connectivity index (χ1v) is 12.4. The van der Waals surface area contributed by atoms with Gasteiger partial charge >= 0.3 is 0 Å². The summed E-state index contributed by atoms with van der Waals surface area (Å²) in [6, 6.07) is 20.0. The van der Waals surface area contributed by atoms with Crippen LogP contribution in [0.3, 0.4) is 0 Å². The van der Waals surface area contributed by atoms with Crippen molar-refractivity contribution in [3.8, 4) is 23.0 Å². The van der Waals surface area contributed by atoms with E-state index >= 15 is 0 Å². The molecule has 0 fully saturated rings. The van der Waals surface area contributed by atoms with Crippen LogP contribution in [0, 0.1) is 0 Å². The Morgan fingerprint density at radius 2 is 1.29 bits per heavy atom. The van der Waals surface area contributed by atoms with Gasteiger partial charge in [0, 0.05) is 13.1 Å². The molecule has 8 heteroatoms. The molecule has 202 valence electrons. The van der Waals surface area contributed by atoms with E-state index < -0.39 is 6.04 Å². The normalized spacial score (nSPS) is 11.3. The van der Waals surface area contributed by atoms with Crippen LogP contribution in [0.1, 0.15) is 23.6 Å². The van der Waals surface area contributed by atoms with Crippen molar-refractivity contribution in [3.63, 3.8) is 0 Å².